The lowest BCUT2D eigenvalue weighted by atomic mass is 10.0. The van der Waals surface area contributed by atoms with Crippen LogP contribution in [0.2, 0.25) is 0 Å². The predicted molar refractivity (Wildman–Crippen MR) is 49.7 cm³/mol. The maximum atomic E-state index is 12.9. The van der Waals surface area contributed by atoms with Crippen LogP contribution in [0.1, 0.15) is 19.3 Å². The number of hydrogen-bond acceptors (Lipinski definition) is 2. The first-order chi connectivity index (χ1) is 7.08. The van der Waals surface area contributed by atoms with Crippen LogP contribution in [0.3, 0.4) is 0 Å². The van der Waals surface area contributed by atoms with Crippen LogP contribution in [0.25, 0.3) is 0 Å². The van der Waals surface area contributed by atoms with Crippen molar-refractivity contribution in [1.82, 2.24) is 4.90 Å². The van der Waals surface area contributed by atoms with Crippen molar-refractivity contribution in [2.45, 2.75) is 25.2 Å². The molecule has 3 nitrogen and oxygen atoms in total. The van der Waals surface area contributed by atoms with E-state index in [0.717, 1.165) is 6.42 Å². The van der Waals surface area contributed by atoms with Gasteiger partial charge in [0.2, 0.25) is 5.91 Å². The number of nitrogens with zero attached hydrogens (tertiary/aromatic N) is 1. The number of piperidine rings is 1. The van der Waals surface area contributed by atoms with Gasteiger partial charge in [-0.25, -0.2) is 8.78 Å². The molecule has 5 heteroatoms. The number of halogens is 2. The summed E-state index contributed by atoms with van der Waals surface area (Å²) < 4.78 is 30.8. The van der Waals surface area contributed by atoms with Crippen molar-refractivity contribution < 1.29 is 18.3 Å². The van der Waals surface area contributed by atoms with Gasteiger partial charge in [-0.05, 0) is 6.42 Å². The van der Waals surface area contributed by atoms with E-state index in [1.54, 1.807) is 4.90 Å². The molecule has 2 heterocycles. The van der Waals surface area contributed by atoms with Crippen LogP contribution < -0.4 is 0 Å². The number of likely N-dealkylation sites (tertiary alicyclic amines) is 1. The quantitative estimate of drug-likeness (QED) is 0.665. The number of carbonyl (C=O) groups is 1. The van der Waals surface area contributed by atoms with Crippen LogP contribution in [0, 0.1) is 5.92 Å². The van der Waals surface area contributed by atoms with Crippen LogP contribution >= 0.6 is 0 Å². The number of hydrogen-bond donors (Lipinski definition) is 0. The maximum Gasteiger partial charge on any atom is 0.251 e. The third kappa shape index (κ3) is 2.45. The average molecular weight is 219 g/mol. The fraction of sp³-hybridized carbons (Fsp3) is 0.900. The predicted octanol–water partition coefficient (Wildman–Crippen LogP) is 1.28. The smallest absolute Gasteiger partial charge is 0.251 e. The van der Waals surface area contributed by atoms with Gasteiger partial charge in [-0.1, -0.05) is 0 Å². The molecule has 0 aromatic rings. The van der Waals surface area contributed by atoms with E-state index in [0.29, 0.717) is 13.2 Å². The maximum absolute atomic E-state index is 12.9. The number of rotatable bonds is 1. The summed E-state index contributed by atoms with van der Waals surface area (Å²) in [5.41, 5.74) is 0. The first kappa shape index (κ1) is 10.8. The molecule has 1 unspecified atom stereocenters. The number of carbonyl (C=O) groups excluding carboxylic acids is 1. The number of amides is 1. The van der Waals surface area contributed by atoms with E-state index in [9.17, 15) is 13.6 Å². The Balaban J connectivity index is 1.87. The first-order valence-corrected chi connectivity index (χ1v) is 5.33. The summed E-state index contributed by atoms with van der Waals surface area (Å²) in [5, 5.41) is 0. The molecule has 2 rings (SSSR count). The Bertz CT molecular complexity index is 242. The van der Waals surface area contributed by atoms with Crippen molar-refractivity contribution >= 4 is 5.91 Å². The van der Waals surface area contributed by atoms with Gasteiger partial charge in [0.25, 0.3) is 5.92 Å². The van der Waals surface area contributed by atoms with E-state index >= 15 is 0 Å². The van der Waals surface area contributed by atoms with Crippen molar-refractivity contribution in [3.05, 3.63) is 0 Å². The monoisotopic (exact) mass is 219 g/mol. The zero-order valence-corrected chi connectivity index (χ0v) is 8.55. The largest absolute Gasteiger partial charge is 0.381 e. The Labute approximate surface area is 87.4 Å². The highest BCUT2D eigenvalue weighted by Gasteiger charge is 2.37. The molecule has 2 fully saturated rings. The van der Waals surface area contributed by atoms with Gasteiger partial charge in [0, 0.05) is 32.5 Å². The molecule has 2 aliphatic heterocycles. The molecule has 2 saturated heterocycles. The molecule has 0 aromatic heterocycles. The Morgan fingerprint density at radius 2 is 2.00 bits per heavy atom. The summed E-state index contributed by atoms with van der Waals surface area (Å²) in [5.74, 6) is -2.69. The zero-order valence-electron chi connectivity index (χ0n) is 8.55. The Kier molecular flexibility index (Phi) is 2.91. The third-order valence-electron chi connectivity index (χ3n) is 3.09. The lowest BCUT2D eigenvalue weighted by Gasteiger charge is -2.33. The van der Waals surface area contributed by atoms with Crippen LogP contribution in [0.5, 0.6) is 0 Å². The van der Waals surface area contributed by atoms with Crippen molar-refractivity contribution in [3.63, 3.8) is 0 Å². The minimum Gasteiger partial charge on any atom is -0.381 e. The van der Waals surface area contributed by atoms with Gasteiger partial charge in [0.1, 0.15) is 0 Å². The van der Waals surface area contributed by atoms with E-state index in [-0.39, 0.29) is 37.8 Å². The van der Waals surface area contributed by atoms with Crippen LogP contribution in [-0.4, -0.2) is 43.0 Å². The van der Waals surface area contributed by atoms with E-state index in [2.05, 4.69) is 0 Å². The number of ether oxygens (including phenoxy) is 1. The molecule has 2 aliphatic rings. The molecule has 0 saturated carbocycles. The lowest BCUT2D eigenvalue weighted by Crippen LogP contribution is -2.45. The molecule has 0 bridgehead atoms. The summed E-state index contributed by atoms with van der Waals surface area (Å²) in [6.07, 6.45) is 0.324. The third-order valence-corrected chi connectivity index (χ3v) is 3.09. The van der Waals surface area contributed by atoms with Crippen molar-refractivity contribution in [2.75, 3.05) is 26.3 Å². The molecule has 0 spiro atoms. The topological polar surface area (TPSA) is 29.5 Å². The minimum absolute atomic E-state index is 0.0111. The summed E-state index contributed by atoms with van der Waals surface area (Å²) in [6.45, 7) is 1.43. The Hall–Kier alpha value is -0.710. The lowest BCUT2D eigenvalue weighted by molar-refractivity contribution is -0.141. The molecule has 15 heavy (non-hydrogen) atoms. The fourth-order valence-electron chi connectivity index (χ4n) is 2.04. The van der Waals surface area contributed by atoms with E-state index in [4.69, 9.17) is 4.74 Å². The summed E-state index contributed by atoms with van der Waals surface area (Å²) in [4.78, 5) is 13.4. The molecular weight excluding hydrogens is 204 g/mol. The highest BCUT2D eigenvalue weighted by Crippen LogP contribution is 2.29. The Morgan fingerprint density at radius 1 is 1.33 bits per heavy atom. The first-order valence-electron chi connectivity index (χ1n) is 5.33. The summed E-state index contributed by atoms with van der Waals surface area (Å²) in [7, 11) is 0. The standard InChI is InChI=1S/C10H15F2NO2/c11-10(12)2-4-13(5-3-10)9(14)8-1-6-15-7-8/h8H,1-7H2. The SMILES string of the molecule is O=C(C1CCOC1)N1CCC(F)(F)CC1. The highest BCUT2D eigenvalue weighted by molar-refractivity contribution is 5.79. The fourth-order valence-corrected chi connectivity index (χ4v) is 2.04. The van der Waals surface area contributed by atoms with Crippen LogP contribution in [-0.2, 0) is 9.53 Å². The van der Waals surface area contributed by atoms with Gasteiger partial charge < -0.3 is 9.64 Å². The van der Waals surface area contributed by atoms with Gasteiger partial charge >= 0.3 is 0 Å². The number of alkyl halides is 2. The molecule has 0 aromatic carbocycles. The van der Waals surface area contributed by atoms with Gasteiger partial charge in [-0.2, -0.15) is 0 Å². The van der Waals surface area contributed by atoms with E-state index in [1.807, 2.05) is 0 Å². The molecule has 0 aliphatic carbocycles. The van der Waals surface area contributed by atoms with Crippen molar-refractivity contribution in [3.8, 4) is 0 Å². The van der Waals surface area contributed by atoms with Crippen LogP contribution in [0.4, 0.5) is 8.78 Å². The van der Waals surface area contributed by atoms with Crippen molar-refractivity contribution in [1.29, 1.82) is 0 Å². The molecule has 86 valence electrons. The molecular formula is C10H15F2NO2. The van der Waals surface area contributed by atoms with E-state index < -0.39 is 5.92 Å². The molecule has 1 atom stereocenters. The molecule has 0 N–H and O–H groups in total. The highest BCUT2D eigenvalue weighted by atomic mass is 19.3. The second-order valence-electron chi connectivity index (χ2n) is 4.24. The normalized spacial score (nSPS) is 30.5. The van der Waals surface area contributed by atoms with Crippen molar-refractivity contribution in [2.24, 2.45) is 5.92 Å². The second kappa shape index (κ2) is 4.04. The summed E-state index contributed by atoms with van der Waals surface area (Å²) in [6, 6.07) is 0. The molecule has 1 amide bonds. The molecule has 0 radical (unpaired) electrons. The van der Waals surface area contributed by atoms with Gasteiger partial charge in [-0.15, -0.1) is 0 Å². The average Bonchev–Trinajstić information content (AvgIpc) is 2.69. The second-order valence-corrected chi connectivity index (χ2v) is 4.24. The van der Waals surface area contributed by atoms with E-state index in [1.165, 1.54) is 0 Å². The Morgan fingerprint density at radius 3 is 2.53 bits per heavy atom. The van der Waals surface area contributed by atoms with Gasteiger partial charge in [0.15, 0.2) is 0 Å². The minimum atomic E-state index is -2.58. The van der Waals surface area contributed by atoms with Gasteiger partial charge in [0.05, 0.1) is 12.5 Å². The summed E-state index contributed by atoms with van der Waals surface area (Å²) >= 11 is 0. The zero-order chi connectivity index (χ0) is 10.9. The van der Waals surface area contributed by atoms with Crippen LogP contribution in [0.15, 0.2) is 0 Å². The van der Waals surface area contributed by atoms with Gasteiger partial charge in [-0.3, -0.25) is 4.79 Å².